The van der Waals surface area contributed by atoms with Gasteiger partial charge in [0.15, 0.2) is 5.69 Å². The molecule has 2 heterocycles. The highest BCUT2D eigenvalue weighted by Crippen LogP contribution is 2.34. The molecule has 3 aromatic rings. The normalized spacial score (nSPS) is 11.1. The lowest BCUT2D eigenvalue weighted by molar-refractivity contribution is -0.142. The van der Waals surface area contributed by atoms with Gasteiger partial charge in [0.25, 0.3) is 11.1 Å². The number of hydrogen-bond acceptors (Lipinski definition) is 6. The minimum absolute atomic E-state index is 0.0448. The Balaban J connectivity index is 2.06. The molecule has 0 aliphatic carbocycles. The van der Waals surface area contributed by atoms with E-state index in [1.54, 1.807) is 6.07 Å². The third kappa shape index (κ3) is 4.61. The Hall–Kier alpha value is -3.65. The molecule has 148 valence electrons. The van der Waals surface area contributed by atoms with Crippen LogP contribution in [0.2, 0.25) is 5.15 Å². The Labute approximate surface area is 164 Å². The van der Waals surface area contributed by atoms with Crippen LogP contribution in [0.15, 0.2) is 39.9 Å². The van der Waals surface area contributed by atoms with Gasteiger partial charge in [0.05, 0.1) is 11.6 Å². The molecule has 29 heavy (non-hydrogen) atoms. The van der Waals surface area contributed by atoms with Crippen molar-refractivity contribution in [3.63, 3.8) is 0 Å². The van der Waals surface area contributed by atoms with Gasteiger partial charge in [0.2, 0.25) is 5.75 Å². The summed E-state index contributed by atoms with van der Waals surface area (Å²) in [4.78, 5) is 29.6. The Kier molecular flexibility index (Phi) is 5.38. The summed E-state index contributed by atoms with van der Waals surface area (Å²) in [5.41, 5.74) is -3.39. The van der Waals surface area contributed by atoms with Crippen molar-refractivity contribution in [2.24, 2.45) is 0 Å². The highest BCUT2D eigenvalue weighted by atomic mass is 35.5. The van der Waals surface area contributed by atoms with Gasteiger partial charge in [0.1, 0.15) is 16.7 Å². The minimum atomic E-state index is -5.02. The van der Waals surface area contributed by atoms with Crippen LogP contribution >= 0.6 is 11.6 Å². The van der Waals surface area contributed by atoms with Gasteiger partial charge in [-0.25, -0.2) is 10.1 Å². The first-order valence-corrected chi connectivity index (χ1v) is 8.17. The number of aromatic nitrogens is 4. The zero-order chi connectivity index (χ0) is 21.2. The highest BCUT2D eigenvalue weighted by Gasteiger charge is 2.39. The van der Waals surface area contributed by atoms with E-state index in [9.17, 15) is 22.8 Å². The SMILES string of the molecule is N#Cc1cccc(Oc2c(C(F)(F)F)nc(Cc3cc(Cl)n[nH]c3=O)[nH]c2=O)c1. The molecule has 0 saturated carbocycles. The Morgan fingerprint density at radius 3 is 2.66 bits per heavy atom. The van der Waals surface area contributed by atoms with Crippen molar-refractivity contribution in [1.82, 2.24) is 20.2 Å². The Bertz CT molecular complexity index is 1230. The summed E-state index contributed by atoms with van der Waals surface area (Å²) in [6.07, 6.45) is -5.45. The van der Waals surface area contributed by atoms with Crippen LogP contribution in [0.3, 0.4) is 0 Å². The van der Waals surface area contributed by atoms with Crippen LogP contribution in [0.25, 0.3) is 0 Å². The maximum Gasteiger partial charge on any atom is 0.437 e. The van der Waals surface area contributed by atoms with Gasteiger partial charge in [-0.1, -0.05) is 17.7 Å². The van der Waals surface area contributed by atoms with Crippen LogP contribution in [0.1, 0.15) is 22.6 Å². The number of benzene rings is 1. The second-order valence-corrected chi connectivity index (χ2v) is 6.04. The topological polar surface area (TPSA) is 125 Å². The molecule has 0 aliphatic rings. The van der Waals surface area contributed by atoms with E-state index in [1.165, 1.54) is 24.3 Å². The lowest BCUT2D eigenvalue weighted by Gasteiger charge is -2.13. The molecule has 8 nitrogen and oxygen atoms in total. The van der Waals surface area contributed by atoms with Crippen LogP contribution in [-0.4, -0.2) is 20.2 Å². The zero-order valence-corrected chi connectivity index (χ0v) is 14.9. The van der Waals surface area contributed by atoms with Crippen LogP contribution in [0.5, 0.6) is 11.5 Å². The molecule has 0 spiro atoms. The average Bonchev–Trinajstić information content (AvgIpc) is 2.66. The molecule has 0 unspecified atom stereocenters. The zero-order valence-electron chi connectivity index (χ0n) is 14.2. The molecule has 2 N–H and O–H groups in total. The molecule has 0 bridgehead atoms. The fourth-order valence-electron chi connectivity index (χ4n) is 2.36. The van der Waals surface area contributed by atoms with Gasteiger partial charge in [-0.2, -0.15) is 23.5 Å². The number of H-pyrrole nitrogens is 2. The van der Waals surface area contributed by atoms with Crippen molar-refractivity contribution in [3.8, 4) is 17.6 Å². The molecule has 3 rings (SSSR count). The minimum Gasteiger partial charge on any atom is -0.449 e. The first kappa shape index (κ1) is 20.1. The molecule has 0 atom stereocenters. The predicted octanol–water partition coefficient (Wildman–Crippen LogP) is 2.78. The molecule has 0 radical (unpaired) electrons. The number of ether oxygens (including phenoxy) is 1. The number of halogens is 4. The Morgan fingerprint density at radius 1 is 1.21 bits per heavy atom. The van der Waals surface area contributed by atoms with Crippen molar-refractivity contribution in [2.45, 2.75) is 12.6 Å². The molecule has 0 aliphatic heterocycles. The fourth-order valence-corrected chi connectivity index (χ4v) is 2.53. The number of rotatable bonds is 4. The van der Waals surface area contributed by atoms with Gasteiger partial charge < -0.3 is 9.72 Å². The average molecular weight is 424 g/mol. The van der Waals surface area contributed by atoms with Gasteiger partial charge in [-0.05, 0) is 24.3 Å². The first-order valence-electron chi connectivity index (χ1n) is 7.80. The third-order valence-electron chi connectivity index (χ3n) is 3.58. The van der Waals surface area contributed by atoms with Crippen molar-refractivity contribution >= 4 is 11.6 Å². The van der Waals surface area contributed by atoms with Gasteiger partial charge in [-0.15, -0.1) is 0 Å². The molecular formula is C17H9ClF3N5O3. The van der Waals surface area contributed by atoms with Crippen LogP contribution in [0, 0.1) is 11.3 Å². The monoisotopic (exact) mass is 423 g/mol. The van der Waals surface area contributed by atoms with Gasteiger partial charge >= 0.3 is 6.18 Å². The van der Waals surface area contributed by atoms with Crippen molar-refractivity contribution < 1.29 is 17.9 Å². The van der Waals surface area contributed by atoms with E-state index in [2.05, 4.69) is 20.2 Å². The van der Waals surface area contributed by atoms with Crippen LogP contribution in [-0.2, 0) is 12.6 Å². The first-order chi connectivity index (χ1) is 13.7. The molecule has 0 amide bonds. The second kappa shape index (κ2) is 7.76. The van der Waals surface area contributed by atoms with Crippen molar-refractivity contribution in [1.29, 1.82) is 5.26 Å². The number of hydrogen-bond donors (Lipinski definition) is 2. The predicted molar refractivity (Wildman–Crippen MR) is 93.8 cm³/mol. The van der Waals surface area contributed by atoms with E-state index >= 15 is 0 Å². The molecule has 12 heteroatoms. The van der Waals surface area contributed by atoms with E-state index in [1.807, 2.05) is 0 Å². The van der Waals surface area contributed by atoms with Gasteiger partial charge in [-0.3, -0.25) is 9.59 Å². The van der Waals surface area contributed by atoms with E-state index in [0.717, 1.165) is 6.07 Å². The molecule has 0 fully saturated rings. The molecule has 2 aromatic heterocycles. The lowest BCUT2D eigenvalue weighted by Crippen LogP contribution is -2.23. The smallest absolute Gasteiger partial charge is 0.437 e. The van der Waals surface area contributed by atoms with E-state index in [4.69, 9.17) is 21.6 Å². The maximum atomic E-state index is 13.5. The summed E-state index contributed by atoms with van der Waals surface area (Å²) < 4.78 is 45.6. The Morgan fingerprint density at radius 2 is 1.97 bits per heavy atom. The fraction of sp³-hybridized carbons (Fsp3) is 0.118. The molecular weight excluding hydrogens is 415 g/mol. The van der Waals surface area contributed by atoms with Crippen molar-refractivity contribution in [3.05, 3.63) is 78.8 Å². The summed E-state index contributed by atoms with van der Waals surface area (Å²) in [5, 5.41) is 14.3. The van der Waals surface area contributed by atoms with Crippen LogP contribution in [0.4, 0.5) is 13.2 Å². The summed E-state index contributed by atoms with van der Waals surface area (Å²) in [6.45, 7) is 0. The molecule has 0 saturated heterocycles. The third-order valence-corrected chi connectivity index (χ3v) is 3.78. The standard InChI is InChI=1S/C17H9ClF3N5O3/c18-11-5-9(15(27)26-25-11)6-12-23-14(17(19,20)21)13(16(28)24-12)29-10-3-1-2-8(4-10)7-22/h1-5H,6H2,(H,26,27)(H,23,24,28). The molecule has 1 aromatic carbocycles. The number of nitrogens with zero attached hydrogens (tertiary/aromatic N) is 3. The van der Waals surface area contributed by atoms with E-state index in [-0.39, 0.29) is 22.0 Å². The lowest BCUT2D eigenvalue weighted by atomic mass is 10.2. The summed E-state index contributed by atoms with van der Waals surface area (Å²) in [5.74, 6) is -1.65. The number of nitrogens with one attached hydrogen (secondary N) is 2. The summed E-state index contributed by atoms with van der Waals surface area (Å²) in [6, 6.07) is 8.21. The van der Waals surface area contributed by atoms with E-state index < -0.39 is 41.0 Å². The van der Waals surface area contributed by atoms with Gasteiger partial charge in [0, 0.05) is 12.0 Å². The summed E-state index contributed by atoms with van der Waals surface area (Å²) in [7, 11) is 0. The largest absolute Gasteiger partial charge is 0.449 e. The maximum absolute atomic E-state index is 13.5. The highest BCUT2D eigenvalue weighted by molar-refractivity contribution is 6.29. The quantitative estimate of drug-likeness (QED) is 0.664. The van der Waals surface area contributed by atoms with E-state index in [0.29, 0.717) is 0 Å². The van der Waals surface area contributed by atoms with Crippen LogP contribution < -0.4 is 15.9 Å². The summed E-state index contributed by atoms with van der Waals surface area (Å²) >= 11 is 5.66. The number of aromatic amines is 2. The second-order valence-electron chi connectivity index (χ2n) is 5.65. The number of nitriles is 1. The van der Waals surface area contributed by atoms with Crippen molar-refractivity contribution in [2.75, 3.05) is 0 Å². The number of alkyl halides is 3.